The third-order valence-electron chi connectivity index (χ3n) is 4.01. The van der Waals surface area contributed by atoms with Crippen LogP contribution in [0, 0.1) is 5.82 Å². The molecule has 1 unspecified atom stereocenters. The summed E-state index contributed by atoms with van der Waals surface area (Å²) in [6, 6.07) is 5.13. The van der Waals surface area contributed by atoms with Crippen molar-refractivity contribution in [2.45, 2.75) is 33.4 Å². The molecule has 2 N–H and O–H groups in total. The fraction of sp³-hybridized carbons (Fsp3) is 0.500. The number of hydrogen-bond acceptors (Lipinski definition) is 4. The van der Waals surface area contributed by atoms with E-state index < -0.39 is 12.0 Å². The molecule has 1 aromatic carbocycles. The molecule has 0 aliphatic rings. The summed E-state index contributed by atoms with van der Waals surface area (Å²) in [5.74, 6) is -1.90. The van der Waals surface area contributed by atoms with Crippen molar-refractivity contribution in [3.63, 3.8) is 0 Å². The van der Waals surface area contributed by atoms with E-state index in [1.54, 1.807) is 19.1 Å². The highest BCUT2D eigenvalue weighted by Crippen LogP contribution is 2.09. The van der Waals surface area contributed by atoms with Crippen LogP contribution >= 0.6 is 0 Å². The Labute approximate surface area is 152 Å². The molecule has 0 saturated carbocycles. The third-order valence-corrected chi connectivity index (χ3v) is 4.01. The average molecular weight is 367 g/mol. The number of carboxylic acid groups (broad SMARTS) is 1. The number of amides is 2. The normalized spacial score (nSPS) is 11.9. The van der Waals surface area contributed by atoms with E-state index in [-0.39, 0.29) is 43.8 Å². The molecule has 0 aliphatic heterocycles. The van der Waals surface area contributed by atoms with Crippen LogP contribution in [0.5, 0.6) is 0 Å². The highest BCUT2D eigenvalue weighted by molar-refractivity contribution is 5.80. The predicted octanol–water partition coefficient (Wildman–Crippen LogP) is 1.09. The van der Waals surface area contributed by atoms with E-state index in [1.807, 2.05) is 0 Å². The van der Waals surface area contributed by atoms with Crippen molar-refractivity contribution in [2.75, 3.05) is 26.2 Å². The predicted molar refractivity (Wildman–Crippen MR) is 94.8 cm³/mol. The fourth-order valence-corrected chi connectivity index (χ4v) is 2.45. The molecular formula is C18H26FN3O4. The minimum Gasteiger partial charge on any atom is -0.480 e. The summed E-state index contributed by atoms with van der Waals surface area (Å²) in [6.07, 6.45) is 0. The van der Waals surface area contributed by atoms with Crippen LogP contribution in [-0.2, 0) is 20.9 Å². The Morgan fingerprint density at radius 2 is 2.00 bits per heavy atom. The quantitative estimate of drug-likeness (QED) is 0.646. The van der Waals surface area contributed by atoms with Gasteiger partial charge in [0.05, 0.1) is 6.54 Å². The molecule has 144 valence electrons. The Morgan fingerprint density at radius 1 is 1.31 bits per heavy atom. The van der Waals surface area contributed by atoms with Crippen LogP contribution in [0.4, 0.5) is 4.39 Å². The molecular weight excluding hydrogens is 341 g/mol. The number of carboxylic acids is 1. The second-order valence-electron chi connectivity index (χ2n) is 6.01. The Morgan fingerprint density at radius 3 is 2.54 bits per heavy atom. The first kappa shape index (κ1) is 21.6. The Hall–Kier alpha value is -2.48. The molecule has 0 radical (unpaired) electrons. The minimum absolute atomic E-state index is 0.101. The summed E-state index contributed by atoms with van der Waals surface area (Å²) in [7, 11) is 0. The van der Waals surface area contributed by atoms with E-state index in [9.17, 15) is 23.9 Å². The van der Waals surface area contributed by atoms with Crippen LogP contribution in [0.1, 0.15) is 26.3 Å². The number of nitrogens with one attached hydrogen (secondary N) is 1. The van der Waals surface area contributed by atoms with Gasteiger partial charge in [-0.2, -0.15) is 0 Å². The topological polar surface area (TPSA) is 90.0 Å². The van der Waals surface area contributed by atoms with Gasteiger partial charge < -0.3 is 15.3 Å². The Bertz CT molecular complexity index is 639. The molecule has 0 bridgehead atoms. The van der Waals surface area contributed by atoms with Crippen molar-refractivity contribution in [1.29, 1.82) is 0 Å². The standard InChI is InChI=1S/C18H26FN3O4/c1-4-21(11-15-6-5-7-16(19)10-15)17(24)12-22(13(2)18(25)26)9-8-20-14(3)23/h5-7,10,13H,4,8-9,11-12H2,1-3H3,(H,20,23)(H,25,26). The smallest absolute Gasteiger partial charge is 0.320 e. The van der Waals surface area contributed by atoms with Crippen molar-refractivity contribution in [3.8, 4) is 0 Å². The van der Waals surface area contributed by atoms with Crippen LogP contribution in [0.25, 0.3) is 0 Å². The molecule has 0 aliphatic carbocycles. The van der Waals surface area contributed by atoms with Crippen molar-refractivity contribution in [3.05, 3.63) is 35.6 Å². The van der Waals surface area contributed by atoms with E-state index in [0.29, 0.717) is 12.1 Å². The molecule has 1 atom stereocenters. The molecule has 0 spiro atoms. The number of likely N-dealkylation sites (N-methyl/N-ethyl adjacent to an activating group) is 1. The zero-order chi connectivity index (χ0) is 19.7. The van der Waals surface area contributed by atoms with E-state index in [2.05, 4.69) is 5.32 Å². The van der Waals surface area contributed by atoms with Crippen LogP contribution in [0.15, 0.2) is 24.3 Å². The van der Waals surface area contributed by atoms with Gasteiger partial charge in [0.1, 0.15) is 11.9 Å². The summed E-state index contributed by atoms with van der Waals surface area (Å²) in [4.78, 5) is 37.9. The maximum Gasteiger partial charge on any atom is 0.320 e. The fourth-order valence-electron chi connectivity index (χ4n) is 2.45. The van der Waals surface area contributed by atoms with Crippen LogP contribution in [-0.4, -0.2) is 64.9 Å². The van der Waals surface area contributed by atoms with E-state index in [0.717, 1.165) is 0 Å². The lowest BCUT2D eigenvalue weighted by atomic mass is 10.2. The van der Waals surface area contributed by atoms with Crippen molar-refractivity contribution < 1.29 is 23.9 Å². The number of aliphatic carboxylic acids is 1. The molecule has 8 heteroatoms. The number of rotatable bonds is 10. The summed E-state index contributed by atoms with van der Waals surface area (Å²) < 4.78 is 13.3. The Balaban J connectivity index is 2.77. The van der Waals surface area contributed by atoms with Gasteiger partial charge in [-0.3, -0.25) is 19.3 Å². The SMILES string of the molecule is CCN(Cc1cccc(F)c1)C(=O)CN(CCNC(C)=O)C(C)C(=O)O. The monoisotopic (exact) mass is 367 g/mol. The second-order valence-corrected chi connectivity index (χ2v) is 6.01. The maximum absolute atomic E-state index is 13.3. The minimum atomic E-state index is -1.05. The molecule has 0 heterocycles. The lowest BCUT2D eigenvalue weighted by molar-refractivity contribution is -0.144. The first-order chi connectivity index (χ1) is 12.2. The average Bonchev–Trinajstić information content (AvgIpc) is 2.57. The van der Waals surface area contributed by atoms with Crippen LogP contribution < -0.4 is 5.32 Å². The Kier molecular flexibility index (Phi) is 8.71. The first-order valence-corrected chi connectivity index (χ1v) is 8.48. The van der Waals surface area contributed by atoms with Gasteiger partial charge in [-0.1, -0.05) is 12.1 Å². The van der Waals surface area contributed by atoms with E-state index >= 15 is 0 Å². The van der Waals surface area contributed by atoms with Gasteiger partial charge in [-0.15, -0.1) is 0 Å². The van der Waals surface area contributed by atoms with Crippen molar-refractivity contribution >= 4 is 17.8 Å². The number of carbonyl (C=O) groups is 3. The van der Waals surface area contributed by atoms with Crippen LogP contribution in [0.2, 0.25) is 0 Å². The van der Waals surface area contributed by atoms with Gasteiger partial charge in [-0.05, 0) is 31.5 Å². The third kappa shape index (κ3) is 7.18. The number of benzene rings is 1. The van der Waals surface area contributed by atoms with Gasteiger partial charge in [0, 0.05) is 33.1 Å². The molecule has 26 heavy (non-hydrogen) atoms. The summed E-state index contributed by atoms with van der Waals surface area (Å²) >= 11 is 0. The molecule has 0 aromatic heterocycles. The molecule has 1 rings (SSSR count). The largest absolute Gasteiger partial charge is 0.480 e. The number of carbonyl (C=O) groups excluding carboxylic acids is 2. The van der Waals surface area contributed by atoms with Gasteiger partial charge in [0.2, 0.25) is 11.8 Å². The van der Waals surface area contributed by atoms with Gasteiger partial charge in [0.25, 0.3) is 0 Å². The molecule has 0 saturated heterocycles. The van der Waals surface area contributed by atoms with Gasteiger partial charge >= 0.3 is 5.97 Å². The zero-order valence-corrected chi connectivity index (χ0v) is 15.4. The maximum atomic E-state index is 13.3. The molecule has 7 nitrogen and oxygen atoms in total. The first-order valence-electron chi connectivity index (χ1n) is 8.48. The zero-order valence-electron chi connectivity index (χ0n) is 15.4. The summed E-state index contributed by atoms with van der Waals surface area (Å²) in [6.45, 7) is 5.70. The lowest BCUT2D eigenvalue weighted by Gasteiger charge is -2.29. The van der Waals surface area contributed by atoms with E-state index in [1.165, 1.54) is 35.8 Å². The highest BCUT2D eigenvalue weighted by Gasteiger charge is 2.24. The van der Waals surface area contributed by atoms with Crippen molar-refractivity contribution in [1.82, 2.24) is 15.1 Å². The molecule has 2 amide bonds. The van der Waals surface area contributed by atoms with Gasteiger partial charge in [-0.25, -0.2) is 4.39 Å². The van der Waals surface area contributed by atoms with Crippen molar-refractivity contribution in [2.24, 2.45) is 0 Å². The van der Waals surface area contributed by atoms with Gasteiger partial charge in [0.15, 0.2) is 0 Å². The van der Waals surface area contributed by atoms with E-state index in [4.69, 9.17) is 0 Å². The highest BCUT2D eigenvalue weighted by atomic mass is 19.1. The number of halogens is 1. The number of hydrogen-bond donors (Lipinski definition) is 2. The summed E-state index contributed by atoms with van der Waals surface area (Å²) in [5, 5.41) is 11.8. The second kappa shape index (κ2) is 10.5. The summed E-state index contributed by atoms with van der Waals surface area (Å²) in [5.41, 5.74) is 0.663. The molecule has 1 aromatic rings. The number of nitrogens with zero attached hydrogens (tertiary/aromatic N) is 2. The lowest BCUT2D eigenvalue weighted by Crippen LogP contribution is -2.48. The van der Waals surface area contributed by atoms with Crippen LogP contribution in [0.3, 0.4) is 0 Å². The molecule has 0 fully saturated rings.